The zero-order valence-corrected chi connectivity index (χ0v) is 18.3. The van der Waals surface area contributed by atoms with E-state index in [1.54, 1.807) is 24.4 Å². The fraction of sp³-hybridized carbons (Fsp3) is 0.103. The summed E-state index contributed by atoms with van der Waals surface area (Å²) < 4.78 is 0. The van der Waals surface area contributed by atoms with Crippen molar-refractivity contribution in [1.29, 1.82) is 0 Å². The Labute approximate surface area is 193 Å². The number of benzene rings is 3. The summed E-state index contributed by atoms with van der Waals surface area (Å²) in [7, 11) is 0. The van der Waals surface area contributed by atoms with Crippen molar-refractivity contribution in [3.63, 3.8) is 0 Å². The van der Waals surface area contributed by atoms with Crippen molar-refractivity contribution in [3.8, 4) is 0 Å². The number of pyridine rings is 1. The van der Waals surface area contributed by atoms with E-state index in [4.69, 9.17) is 0 Å². The summed E-state index contributed by atoms with van der Waals surface area (Å²) in [6, 6.07) is 29.8. The van der Waals surface area contributed by atoms with Gasteiger partial charge >= 0.3 is 0 Å². The molecule has 0 amide bonds. The number of nitrogens with one attached hydrogen (secondary N) is 2. The molecular formula is C29H25N3O. The molecule has 5 aromatic rings. The molecule has 0 fully saturated rings. The lowest BCUT2D eigenvalue weighted by molar-refractivity contribution is 0.103. The number of para-hydroxylation sites is 1. The molecule has 0 aliphatic rings. The highest BCUT2D eigenvalue weighted by atomic mass is 16.1. The molecule has 0 aliphatic heterocycles. The number of hydrogen-bond donors (Lipinski definition) is 2. The molecule has 0 unspecified atom stereocenters. The van der Waals surface area contributed by atoms with Gasteiger partial charge in [-0.2, -0.15) is 0 Å². The third kappa shape index (κ3) is 4.85. The number of aryl methyl sites for hydroxylation is 2. The highest BCUT2D eigenvalue weighted by Gasteiger charge is 2.10. The summed E-state index contributed by atoms with van der Waals surface area (Å²) in [6.07, 6.45) is 6.98. The predicted molar refractivity (Wildman–Crippen MR) is 134 cm³/mol. The summed E-state index contributed by atoms with van der Waals surface area (Å²) in [5, 5.41) is 4.70. The summed E-state index contributed by atoms with van der Waals surface area (Å²) in [5.41, 5.74) is 6.79. The van der Waals surface area contributed by atoms with E-state index in [1.807, 2.05) is 24.3 Å². The van der Waals surface area contributed by atoms with Crippen LogP contribution in [0.4, 0.5) is 11.4 Å². The number of ketones is 1. The molecule has 0 spiro atoms. The summed E-state index contributed by atoms with van der Waals surface area (Å²) >= 11 is 0. The molecule has 2 heterocycles. The Morgan fingerprint density at radius 2 is 1.61 bits per heavy atom. The number of nitrogens with zero attached hydrogens (tertiary/aromatic N) is 1. The standard InChI is InChI=1S/C29H25N3O/c33-29(22-8-2-1-3-9-22)28-19-25(17-18-30-28)32-24-15-13-21(14-16-24)7-6-10-23-20-31-27-12-5-4-11-26(23)27/h1-5,8-9,11-20,31H,6-7,10H2,(H,30,32). The zero-order chi connectivity index (χ0) is 22.5. The van der Waals surface area contributed by atoms with Gasteiger partial charge in [0.15, 0.2) is 0 Å². The van der Waals surface area contributed by atoms with Crippen molar-refractivity contribution in [2.75, 3.05) is 5.32 Å². The largest absolute Gasteiger partial charge is 0.361 e. The first-order valence-corrected chi connectivity index (χ1v) is 11.2. The predicted octanol–water partition coefficient (Wildman–Crippen LogP) is 6.71. The van der Waals surface area contributed by atoms with Gasteiger partial charge in [0.2, 0.25) is 5.78 Å². The van der Waals surface area contributed by atoms with E-state index in [-0.39, 0.29) is 5.78 Å². The molecule has 162 valence electrons. The molecule has 3 aromatic carbocycles. The number of anilines is 2. The van der Waals surface area contributed by atoms with E-state index in [2.05, 4.69) is 70.0 Å². The Morgan fingerprint density at radius 1 is 0.818 bits per heavy atom. The Balaban J connectivity index is 1.19. The van der Waals surface area contributed by atoms with Gasteiger partial charge in [-0.15, -0.1) is 0 Å². The fourth-order valence-corrected chi connectivity index (χ4v) is 4.11. The van der Waals surface area contributed by atoms with Crippen molar-refractivity contribution < 1.29 is 4.79 Å². The molecule has 4 heteroatoms. The molecule has 0 atom stereocenters. The second kappa shape index (κ2) is 9.53. The average Bonchev–Trinajstić information content (AvgIpc) is 3.28. The Kier molecular flexibility index (Phi) is 5.98. The fourth-order valence-electron chi connectivity index (χ4n) is 4.11. The van der Waals surface area contributed by atoms with Crippen LogP contribution in [0.5, 0.6) is 0 Å². The molecule has 0 saturated carbocycles. The lowest BCUT2D eigenvalue weighted by Crippen LogP contribution is -2.04. The molecule has 0 radical (unpaired) electrons. The quantitative estimate of drug-likeness (QED) is 0.268. The first-order chi connectivity index (χ1) is 16.3. The van der Waals surface area contributed by atoms with Crippen LogP contribution in [0.3, 0.4) is 0 Å². The molecular weight excluding hydrogens is 406 g/mol. The van der Waals surface area contributed by atoms with Crippen LogP contribution in [0.1, 0.15) is 33.6 Å². The molecule has 33 heavy (non-hydrogen) atoms. The monoisotopic (exact) mass is 431 g/mol. The molecule has 4 nitrogen and oxygen atoms in total. The Morgan fingerprint density at radius 3 is 2.45 bits per heavy atom. The van der Waals surface area contributed by atoms with Crippen LogP contribution in [0.2, 0.25) is 0 Å². The van der Waals surface area contributed by atoms with Gasteiger partial charge in [-0.25, -0.2) is 0 Å². The molecule has 0 bridgehead atoms. The van der Waals surface area contributed by atoms with Gasteiger partial charge in [0.1, 0.15) is 5.69 Å². The number of carbonyl (C=O) groups is 1. The van der Waals surface area contributed by atoms with Gasteiger partial charge in [0, 0.05) is 40.2 Å². The number of aromatic amines is 1. The summed E-state index contributed by atoms with van der Waals surface area (Å²) in [6.45, 7) is 0. The van der Waals surface area contributed by atoms with E-state index in [1.165, 1.54) is 22.0 Å². The van der Waals surface area contributed by atoms with Gasteiger partial charge < -0.3 is 10.3 Å². The lowest BCUT2D eigenvalue weighted by Gasteiger charge is -2.09. The molecule has 5 rings (SSSR count). The van der Waals surface area contributed by atoms with Crippen LogP contribution in [0.15, 0.2) is 103 Å². The van der Waals surface area contributed by atoms with Crippen molar-refractivity contribution in [2.45, 2.75) is 19.3 Å². The van der Waals surface area contributed by atoms with Crippen LogP contribution in [-0.2, 0) is 12.8 Å². The normalized spacial score (nSPS) is 10.9. The number of hydrogen-bond acceptors (Lipinski definition) is 3. The van der Waals surface area contributed by atoms with Crippen LogP contribution < -0.4 is 5.32 Å². The lowest BCUT2D eigenvalue weighted by atomic mass is 10.0. The second-order valence-corrected chi connectivity index (χ2v) is 8.16. The van der Waals surface area contributed by atoms with Gasteiger partial charge in [-0.05, 0) is 60.7 Å². The van der Waals surface area contributed by atoms with E-state index < -0.39 is 0 Å². The molecule has 2 aromatic heterocycles. The van der Waals surface area contributed by atoms with Gasteiger partial charge in [0.25, 0.3) is 0 Å². The maximum Gasteiger partial charge on any atom is 0.211 e. The Hall–Kier alpha value is -4.18. The molecule has 0 aliphatic carbocycles. The first-order valence-electron chi connectivity index (χ1n) is 11.2. The minimum Gasteiger partial charge on any atom is -0.361 e. The number of aromatic nitrogens is 2. The van der Waals surface area contributed by atoms with Crippen molar-refractivity contribution >= 4 is 28.1 Å². The average molecular weight is 432 g/mol. The topological polar surface area (TPSA) is 57.8 Å². The van der Waals surface area contributed by atoms with Crippen LogP contribution in [-0.4, -0.2) is 15.8 Å². The highest BCUT2D eigenvalue weighted by Crippen LogP contribution is 2.22. The van der Waals surface area contributed by atoms with Crippen molar-refractivity contribution in [3.05, 3.63) is 126 Å². The van der Waals surface area contributed by atoms with E-state index in [0.717, 1.165) is 30.6 Å². The number of H-pyrrole nitrogens is 1. The van der Waals surface area contributed by atoms with Gasteiger partial charge in [0.05, 0.1) is 0 Å². The van der Waals surface area contributed by atoms with Crippen LogP contribution in [0, 0.1) is 0 Å². The summed E-state index contributed by atoms with van der Waals surface area (Å²) in [5.74, 6) is -0.0789. The SMILES string of the molecule is O=C(c1ccccc1)c1cc(Nc2ccc(CCCc3c[nH]c4ccccc34)cc2)ccn1. The minimum absolute atomic E-state index is 0.0789. The first kappa shape index (κ1) is 20.7. The number of fused-ring (bicyclic) bond motifs is 1. The Bertz CT molecular complexity index is 1370. The van der Waals surface area contributed by atoms with Crippen molar-refractivity contribution in [2.24, 2.45) is 0 Å². The van der Waals surface area contributed by atoms with E-state index >= 15 is 0 Å². The van der Waals surface area contributed by atoms with Gasteiger partial charge in [-0.1, -0.05) is 60.7 Å². The third-order valence-corrected chi connectivity index (χ3v) is 5.86. The van der Waals surface area contributed by atoms with Crippen LogP contribution in [0.25, 0.3) is 10.9 Å². The minimum atomic E-state index is -0.0789. The number of carbonyl (C=O) groups excluding carboxylic acids is 1. The zero-order valence-electron chi connectivity index (χ0n) is 18.3. The van der Waals surface area contributed by atoms with Crippen LogP contribution >= 0.6 is 0 Å². The van der Waals surface area contributed by atoms with E-state index in [0.29, 0.717) is 11.3 Å². The smallest absolute Gasteiger partial charge is 0.211 e. The maximum atomic E-state index is 12.7. The molecule has 2 N–H and O–H groups in total. The van der Waals surface area contributed by atoms with Crippen molar-refractivity contribution in [1.82, 2.24) is 9.97 Å². The highest BCUT2D eigenvalue weighted by molar-refractivity contribution is 6.08. The number of rotatable bonds is 8. The maximum absolute atomic E-state index is 12.7. The third-order valence-electron chi connectivity index (χ3n) is 5.86. The second-order valence-electron chi connectivity index (χ2n) is 8.16. The van der Waals surface area contributed by atoms with Gasteiger partial charge in [-0.3, -0.25) is 9.78 Å². The molecule has 0 saturated heterocycles. The summed E-state index contributed by atoms with van der Waals surface area (Å²) in [4.78, 5) is 20.3. The van der Waals surface area contributed by atoms with E-state index in [9.17, 15) is 4.79 Å².